The first-order chi connectivity index (χ1) is 9.13. The highest BCUT2D eigenvalue weighted by Gasteiger charge is 2.11. The second-order valence-corrected chi connectivity index (χ2v) is 4.88. The van der Waals surface area contributed by atoms with Crippen molar-refractivity contribution in [3.8, 4) is 6.07 Å². The number of hydrogen-bond acceptors (Lipinski definition) is 3. The lowest BCUT2D eigenvalue weighted by molar-refractivity contribution is 0.598. The van der Waals surface area contributed by atoms with Crippen LogP contribution in [0.2, 0.25) is 5.02 Å². The number of nitriles is 1. The second kappa shape index (κ2) is 8.04. The van der Waals surface area contributed by atoms with Gasteiger partial charge in [-0.2, -0.15) is 5.26 Å². The maximum absolute atomic E-state index is 8.68. The molecule has 0 heterocycles. The summed E-state index contributed by atoms with van der Waals surface area (Å²) in [5.41, 5.74) is 2.19. The standard InChI is InChI=1S/C15H22ClN3/c1-4-18-12(3)14-8-7-13(11-15(14)16)19(5-2)10-6-9-17/h7-8,11-12,18H,4-6,10H2,1-3H3. The number of benzene rings is 1. The molecule has 1 unspecified atom stereocenters. The van der Waals surface area contributed by atoms with Crippen LogP contribution in [0.3, 0.4) is 0 Å². The van der Waals surface area contributed by atoms with Crippen molar-refractivity contribution < 1.29 is 0 Å². The van der Waals surface area contributed by atoms with E-state index in [1.807, 2.05) is 6.07 Å². The van der Waals surface area contributed by atoms with Gasteiger partial charge in [-0.3, -0.25) is 0 Å². The Hall–Kier alpha value is -1.24. The summed E-state index contributed by atoms with van der Waals surface area (Å²) in [6.45, 7) is 8.81. The van der Waals surface area contributed by atoms with E-state index in [9.17, 15) is 0 Å². The molecule has 0 aliphatic carbocycles. The molecule has 1 aromatic carbocycles. The third-order valence-electron chi connectivity index (χ3n) is 3.20. The Morgan fingerprint density at radius 3 is 2.68 bits per heavy atom. The Labute approximate surface area is 121 Å². The van der Waals surface area contributed by atoms with Gasteiger partial charge in [0.2, 0.25) is 0 Å². The molecular formula is C15H22ClN3. The van der Waals surface area contributed by atoms with Crippen molar-refractivity contribution in [1.29, 1.82) is 5.26 Å². The molecule has 0 radical (unpaired) electrons. The molecule has 4 heteroatoms. The predicted octanol–water partition coefficient (Wildman–Crippen LogP) is 3.75. The van der Waals surface area contributed by atoms with Gasteiger partial charge in [0.05, 0.1) is 12.5 Å². The van der Waals surface area contributed by atoms with E-state index in [0.29, 0.717) is 6.42 Å². The minimum atomic E-state index is 0.251. The lowest BCUT2D eigenvalue weighted by Gasteiger charge is -2.23. The van der Waals surface area contributed by atoms with Crippen molar-refractivity contribution in [2.75, 3.05) is 24.5 Å². The molecule has 1 N–H and O–H groups in total. The third kappa shape index (κ3) is 4.41. The average molecular weight is 280 g/mol. The van der Waals surface area contributed by atoms with Gasteiger partial charge in [-0.25, -0.2) is 0 Å². The second-order valence-electron chi connectivity index (χ2n) is 4.47. The molecule has 3 nitrogen and oxygen atoms in total. The third-order valence-corrected chi connectivity index (χ3v) is 3.53. The lowest BCUT2D eigenvalue weighted by Crippen LogP contribution is -2.24. The first-order valence-corrected chi connectivity index (χ1v) is 7.16. The van der Waals surface area contributed by atoms with Crippen LogP contribution in [0.4, 0.5) is 5.69 Å². The number of nitrogens with one attached hydrogen (secondary N) is 1. The highest BCUT2D eigenvalue weighted by molar-refractivity contribution is 6.31. The molecule has 0 aromatic heterocycles. The zero-order valence-electron chi connectivity index (χ0n) is 11.9. The van der Waals surface area contributed by atoms with E-state index in [-0.39, 0.29) is 6.04 Å². The zero-order chi connectivity index (χ0) is 14.3. The van der Waals surface area contributed by atoms with Gasteiger partial charge in [-0.1, -0.05) is 24.6 Å². The zero-order valence-corrected chi connectivity index (χ0v) is 12.7. The van der Waals surface area contributed by atoms with Crippen LogP contribution in [0, 0.1) is 11.3 Å². The molecule has 0 spiro atoms. The fourth-order valence-electron chi connectivity index (χ4n) is 2.13. The Balaban J connectivity index is 2.88. The number of halogens is 1. The highest BCUT2D eigenvalue weighted by atomic mass is 35.5. The van der Waals surface area contributed by atoms with E-state index in [2.05, 4.69) is 49.2 Å². The van der Waals surface area contributed by atoms with E-state index in [1.54, 1.807) is 0 Å². The Morgan fingerprint density at radius 2 is 2.16 bits per heavy atom. The summed E-state index contributed by atoms with van der Waals surface area (Å²) >= 11 is 6.36. The van der Waals surface area contributed by atoms with E-state index >= 15 is 0 Å². The Kier molecular flexibility index (Phi) is 6.69. The number of rotatable bonds is 7. The van der Waals surface area contributed by atoms with Gasteiger partial charge in [0.25, 0.3) is 0 Å². The molecule has 19 heavy (non-hydrogen) atoms. The van der Waals surface area contributed by atoms with Crippen molar-refractivity contribution in [3.63, 3.8) is 0 Å². The van der Waals surface area contributed by atoms with E-state index in [0.717, 1.165) is 35.9 Å². The van der Waals surface area contributed by atoms with Crippen molar-refractivity contribution in [2.45, 2.75) is 33.2 Å². The molecule has 1 rings (SSSR count). The van der Waals surface area contributed by atoms with Gasteiger partial charge in [-0.05, 0) is 38.1 Å². The minimum Gasteiger partial charge on any atom is -0.371 e. The minimum absolute atomic E-state index is 0.251. The molecule has 0 aliphatic rings. The summed E-state index contributed by atoms with van der Waals surface area (Å²) in [6.07, 6.45) is 0.529. The molecule has 1 aromatic rings. The van der Waals surface area contributed by atoms with Crippen LogP contribution in [0.5, 0.6) is 0 Å². The van der Waals surface area contributed by atoms with Crippen LogP contribution in [-0.2, 0) is 0 Å². The van der Waals surface area contributed by atoms with Crippen LogP contribution in [-0.4, -0.2) is 19.6 Å². The summed E-state index contributed by atoms with van der Waals surface area (Å²) in [7, 11) is 0. The summed E-state index contributed by atoms with van der Waals surface area (Å²) in [6, 6.07) is 8.57. The van der Waals surface area contributed by atoms with Gasteiger partial charge < -0.3 is 10.2 Å². The molecule has 0 aliphatic heterocycles. The molecular weight excluding hydrogens is 258 g/mol. The van der Waals surface area contributed by atoms with Crippen molar-refractivity contribution >= 4 is 17.3 Å². The van der Waals surface area contributed by atoms with Gasteiger partial charge >= 0.3 is 0 Å². The smallest absolute Gasteiger partial charge is 0.0640 e. The van der Waals surface area contributed by atoms with E-state index in [1.165, 1.54) is 0 Å². The SMILES string of the molecule is CCNC(C)c1ccc(N(CC)CCC#N)cc1Cl. The highest BCUT2D eigenvalue weighted by Crippen LogP contribution is 2.28. The first-order valence-electron chi connectivity index (χ1n) is 6.78. The number of hydrogen-bond donors (Lipinski definition) is 1. The molecule has 0 saturated heterocycles. The number of anilines is 1. The number of nitrogens with zero attached hydrogens (tertiary/aromatic N) is 2. The molecule has 0 saturated carbocycles. The molecule has 0 fully saturated rings. The van der Waals surface area contributed by atoms with Crippen molar-refractivity contribution in [1.82, 2.24) is 5.32 Å². The Morgan fingerprint density at radius 1 is 1.42 bits per heavy atom. The van der Waals surface area contributed by atoms with Crippen molar-refractivity contribution in [3.05, 3.63) is 28.8 Å². The summed E-state index contributed by atoms with van der Waals surface area (Å²) in [5.74, 6) is 0. The maximum Gasteiger partial charge on any atom is 0.0640 e. The van der Waals surface area contributed by atoms with Crippen LogP contribution in [0.25, 0.3) is 0 Å². The monoisotopic (exact) mass is 279 g/mol. The fourth-order valence-corrected chi connectivity index (χ4v) is 2.47. The van der Waals surface area contributed by atoms with E-state index < -0.39 is 0 Å². The topological polar surface area (TPSA) is 39.1 Å². The molecule has 0 bridgehead atoms. The first kappa shape index (κ1) is 15.8. The summed E-state index contributed by atoms with van der Waals surface area (Å²) in [4.78, 5) is 2.16. The Bertz CT molecular complexity index is 440. The van der Waals surface area contributed by atoms with Gasteiger partial charge in [0.1, 0.15) is 0 Å². The largest absolute Gasteiger partial charge is 0.371 e. The van der Waals surface area contributed by atoms with Crippen LogP contribution >= 0.6 is 11.6 Å². The van der Waals surface area contributed by atoms with Gasteiger partial charge in [-0.15, -0.1) is 0 Å². The normalized spacial score (nSPS) is 11.9. The maximum atomic E-state index is 8.68. The van der Waals surface area contributed by atoms with Crippen LogP contribution < -0.4 is 10.2 Å². The van der Waals surface area contributed by atoms with E-state index in [4.69, 9.17) is 16.9 Å². The fraction of sp³-hybridized carbons (Fsp3) is 0.533. The summed E-state index contributed by atoms with van der Waals surface area (Å²) < 4.78 is 0. The molecule has 0 amide bonds. The summed E-state index contributed by atoms with van der Waals surface area (Å²) in [5, 5.41) is 12.8. The lowest BCUT2D eigenvalue weighted by atomic mass is 10.1. The van der Waals surface area contributed by atoms with Gasteiger partial charge in [0.15, 0.2) is 0 Å². The quantitative estimate of drug-likeness (QED) is 0.826. The predicted molar refractivity (Wildman–Crippen MR) is 81.7 cm³/mol. The molecule has 104 valence electrons. The molecule has 1 atom stereocenters. The van der Waals surface area contributed by atoms with Crippen LogP contribution in [0.1, 0.15) is 38.8 Å². The van der Waals surface area contributed by atoms with Crippen LogP contribution in [0.15, 0.2) is 18.2 Å². The van der Waals surface area contributed by atoms with Crippen molar-refractivity contribution in [2.24, 2.45) is 0 Å². The van der Waals surface area contributed by atoms with Gasteiger partial charge in [0, 0.05) is 29.8 Å². The average Bonchev–Trinajstić information content (AvgIpc) is 2.40.